The van der Waals surface area contributed by atoms with Crippen LogP contribution in [0, 0.1) is 12.1 Å². The van der Waals surface area contributed by atoms with E-state index in [-0.39, 0.29) is 114 Å². The molecule has 0 heterocycles. The van der Waals surface area contributed by atoms with Gasteiger partial charge in [-0.1, -0.05) is 47.0 Å². The van der Waals surface area contributed by atoms with Crippen molar-refractivity contribution < 1.29 is 112 Å². The molecule has 0 spiro atoms. The Morgan fingerprint density at radius 3 is 1.93 bits per heavy atom. The Morgan fingerprint density at radius 1 is 0.821 bits per heavy atom. The van der Waals surface area contributed by atoms with E-state index in [2.05, 4.69) is 53.7 Å². The summed E-state index contributed by atoms with van der Waals surface area (Å²) in [6.07, 6.45) is 4.47. The van der Waals surface area contributed by atoms with E-state index >= 15 is 0 Å². The second kappa shape index (κ2) is 15.0. The van der Waals surface area contributed by atoms with Crippen molar-refractivity contribution >= 4 is 12.6 Å². The smallest absolute Gasteiger partial charge is 0.542 e. The number of carbonyl (C=O) groups excluding carboxylic acids is 2. The van der Waals surface area contributed by atoms with Crippen molar-refractivity contribution in [3.8, 4) is 0 Å². The molecule has 0 atom stereocenters. The van der Waals surface area contributed by atoms with Gasteiger partial charge in [-0.2, -0.15) is 65.2 Å². The van der Waals surface area contributed by atoms with Crippen LogP contribution in [-0.2, 0) is 33.3 Å². The van der Waals surface area contributed by atoms with Gasteiger partial charge >= 0.3 is 103 Å². The molecule has 0 bridgehead atoms. The number of hydrogen-bond donors (Lipinski definition) is 0. The van der Waals surface area contributed by atoms with E-state index in [1.54, 1.807) is 0 Å². The molecule has 0 amide bonds. The number of rotatable bonds is 4. The molecule has 0 fully saturated rings. The van der Waals surface area contributed by atoms with Crippen LogP contribution in [0.3, 0.4) is 0 Å². The third-order valence-corrected chi connectivity index (χ3v) is 3.99. The zero-order valence-corrected chi connectivity index (χ0v) is 24.9. The Morgan fingerprint density at radius 2 is 1.43 bits per heavy atom. The van der Waals surface area contributed by atoms with Gasteiger partial charge in [-0.25, -0.2) is 0 Å². The predicted octanol–water partition coefficient (Wildman–Crippen LogP) is -1.12. The fourth-order valence-electron chi connectivity index (χ4n) is 2.55. The molecule has 2 rings (SSSR count). The Balaban J connectivity index is 0. The Hall–Kier alpha value is 1.05. The molecule has 140 valence electrons. The molecule has 2 nitrogen and oxygen atoms in total. The zero-order valence-electron chi connectivity index (χ0n) is 18.7. The molecule has 28 heavy (non-hydrogen) atoms. The monoisotopic (exact) mass is 426 g/mol. The van der Waals surface area contributed by atoms with Gasteiger partial charge in [0.25, 0.3) is 0 Å². The minimum Gasteiger partial charge on any atom is -0.542 e. The van der Waals surface area contributed by atoms with Crippen molar-refractivity contribution in [1.29, 1.82) is 0 Å². The fraction of sp³-hybridized carbons (Fsp3) is 0.417. The predicted molar refractivity (Wildman–Crippen MR) is 107 cm³/mol. The summed E-state index contributed by atoms with van der Waals surface area (Å²) in [7, 11) is 0. The van der Waals surface area contributed by atoms with Gasteiger partial charge < -0.3 is 9.59 Å². The van der Waals surface area contributed by atoms with Gasteiger partial charge in [-0.05, 0) is 5.41 Å². The van der Waals surface area contributed by atoms with E-state index < -0.39 is 0 Å². The minimum atomic E-state index is 0. The molecule has 2 aromatic rings. The van der Waals surface area contributed by atoms with Crippen LogP contribution in [0.5, 0.6) is 0 Å². The molecule has 0 saturated carbocycles. The van der Waals surface area contributed by atoms with Crippen molar-refractivity contribution in [2.75, 3.05) is 0 Å². The van der Waals surface area contributed by atoms with Gasteiger partial charge in [0.1, 0.15) is 0 Å². The van der Waals surface area contributed by atoms with Crippen LogP contribution in [0.4, 0.5) is 0 Å². The number of hydrogen-bond acceptors (Lipinski definition) is 2. The quantitative estimate of drug-likeness (QED) is 0.459. The van der Waals surface area contributed by atoms with E-state index in [4.69, 9.17) is 0 Å². The van der Waals surface area contributed by atoms with Crippen molar-refractivity contribution in [3.05, 3.63) is 70.8 Å². The Bertz CT molecular complexity index is 726. The largest absolute Gasteiger partial charge is 1.00 e. The summed E-state index contributed by atoms with van der Waals surface area (Å²) < 4.78 is 0. The first-order valence-corrected chi connectivity index (χ1v) is 8.80. The summed E-state index contributed by atoms with van der Waals surface area (Å²) >= 11 is 0. The summed E-state index contributed by atoms with van der Waals surface area (Å²) in [5.41, 5.74) is 4.50. The van der Waals surface area contributed by atoms with Crippen LogP contribution in [0.15, 0.2) is 36.4 Å². The first kappa shape index (κ1) is 31.2. The van der Waals surface area contributed by atoms with Gasteiger partial charge in [0.05, 0.1) is 0 Å². The standard InChI is InChI=1S/2C12H14O.2K/c1-12(2,3)11-6-4-5-10(9-11)7-8-13;1-12(2,3)11-7-5-4-6-10(11)8-9-13;;/h4,6,9H,7H2,1-3H3;4-5,7H,8H2,1-3H3;;/q2*-2;2*+1. The molecular formula is C24H28K2O2-2. The third-order valence-electron chi connectivity index (χ3n) is 3.99. The molecule has 0 N–H and O–H groups in total. The maximum absolute atomic E-state index is 10.3. The van der Waals surface area contributed by atoms with E-state index in [1.165, 1.54) is 11.1 Å². The van der Waals surface area contributed by atoms with E-state index in [9.17, 15) is 9.59 Å². The molecule has 0 aliphatic rings. The SMILES string of the molecule is CC(C)(C)c1cc[c-]c(C[C-]=O)c1.CC(C)(C)c1ccc[c-]c1C[C-]=O.[K+].[K+]. The van der Waals surface area contributed by atoms with Crippen LogP contribution in [0.25, 0.3) is 0 Å². The average Bonchev–Trinajstić information content (AvgIpc) is 2.55. The molecule has 4 heteroatoms. The first-order valence-electron chi connectivity index (χ1n) is 8.80. The summed E-state index contributed by atoms with van der Waals surface area (Å²) in [5.74, 6) is 0. The molecule has 0 radical (unpaired) electrons. The topological polar surface area (TPSA) is 34.1 Å². The van der Waals surface area contributed by atoms with E-state index in [0.29, 0.717) is 12.8 Å². The maximum atomic E-state index is 10.3. The molecule has 0 unspecified atom stereocenters. The molecule has 0 saturated heterocycles. The van der Waals surface area contributed by atoms with E-state index in [0.717, 1.165) is 11.1 Å². The molecule has 2 aromatic carbocycles. The summed E-state index contributed by atoms with van der Waals surface area (Å²) in [4.78, 5) is 20.5. The summed E-state index contributed by atoms with van der Waals surface area (Å²) in [5, 5.41) is 0. The second-order valence-corrected chi connectivity index (χ2v) is 8.31. The average molecular weight is 427 g/mol. The van der Waals surface area contributed by atoms with Gasteiger partial charge in [-0.15, -0.1) is 18.4 Å². The molecule has 0 aliphatic carbocycles. The van der Waals surface area contributed by atoms with E-state index in [1.807, 2.05) is 49.0 Å². The van der Waals surface area contributed by atoms with Gasteiger partial charge in [0, 0.05) is 0 Å². The normalized spacial score (nSPS) is 10.5. The van der Waals surface area contributed by atoms with Crippen LogP contribution < -0.4 is 103 Å². The van der Waals surface area contributed by atoms with Crippen LogP contribution in [0.2, 0.25) is 0 Å². The minimum absolute atomic E-state index is 0. The van der Waals surface area contributed by atoms with Crippen molar-refractivity contribution in [2.45, 2.75) is 65.2 Å². The van der Waals surface area contributed by atoms with Crippen LogP contribution in [0.1, 0.15) is 63.8 Å². The first-order chi connectivity index (χ1) is 12.1. The summed E-state index contributed by atoms with van der Waals surface area (Å²) in [6, 6.07) is 17.9. The maximum Gasteiger partial charge on any atom is 1.00 e. The third kappa shape index (κ3) is 11.4. The zero-order chi connectivity index (χ0) is 19.8. The van der Waals surface area contributed by atoms with Crippen molar-refractivity contribution in [1.82, 2.24) is 0 Å². The molecule has 0 aliphatic heterocycles. The van der Waals surface area contributed by atoms with Gasteiger partial charge in [0.15, 0.2) is 0 Å². The Labute approximate surface area is 256 Å². The summed E-state index contributed by atoms with van der Waals surface area (Å²) in [6.45, 7) is 12.8. The Kier molecular flexibility index (Phi) is 16.7. The van der Waals surface area contributed by atoms with Crippen molar-refractivity contribution in [2.24, 2.45) is 0 Å². The van der Waals surface area contributed by atoms with Crippen LogP contribution in [-0.4, -0.2) is 12.6 Å². The number of benzene rings is 2. The fourth-order valence-corrected chi connectivity index (χ4v) is 2.55. The van der Waals surface area contributed by atoms with Crippen molar-refractivity contribution in [3.63, 3.8) is 0 Å². The molecular weight excluding hydrogens is 398 g/mol. The van der Waals surface area contributed by atoms with Crippen LogP contribution >= 0.6 is 0 Å². The van der Waals surface area contributed by atoms with Gasteiger partial charge in [0.2, 0.25) is 0 Å². The second-order valence-electron chi connectivity index (χ2n) is 8.31. The molecule has 0 aromatic heterocycles. The van der Waals surface area contributed by atoms with Gasteiger partial charge in [-0.3, -0.25) is 12.6 Å².